The molecule has 0 fully saturated rings. The third-order valence-corrected chi connectivity index (χ3v) is 2.65. The maximum atomic E-state index is 12.4. The molecule has 1 heterocycles. The summed E-state index contributed by atoms with van der Waals surface area (Å²) >= 11 is 3.26. The van der Waals surface area contributed by atoms with E-state index in [1.165, 1.54) is 6.20 Å². The molecule has 1 nitrogen and oxygen atoms in total. The van der Waals surface area contributed by atoms with Crippen LogP contribution in [0.3, 0.4) is 0 Å². The minimum Gasteiger partial charge on any atom is -0.261 e. The first kappa shape index (κ1) is 10.6. The average Bonchev–Trinajstić information content (AvgIpc) is 2.04. The SMILES string of the molecule is Cc1ncc(C(F)F)c(C)c1CBr. The second kappa shape index (κ2) is 4.13. The monoisotopic (exact) mass is 249 g/mol. The van der Waals surface area contributed by atoms with E-state index in [2.05, 4.69) is 20.9 Å². The van der Waals surface area contributed by atoms with E-state index in [1.54, 1.807) is 6.92 Å². The lowest BCUT2D eigenvalue weighted by Crippen LogP contribution is -1.99. The number of hydrogen-bond acceptors (Lipinski definition) is 1. The van der Waals surface area contributed by atoms with Gasteiger partial charge in [-0.2, -0.15) is 0 Å². The third-order valence-electron chi connectivity index (χ3n) is 2.09. The van der Waals surface area contributed by atoms with Gasteiger partial charge < -0.3 is 0 Å². The number of hydrogen-bond donors (Lipinski definition) is 0. The molecule has 72 valence electrons. The maximum Gasteiger partial charge on any atom is 0.265 e. The molecule has 13 heavy (non-hydrogen) atoms. The van der Waals surface area contributed by atoms with Gasteiger partial charge >= 0.3 is 0 Å². The number of alkyl halides is 3. The third kappa shape index (κ3) is 2.05. The van der Waals surface area contributed by atoms with Gasteiger partial charge in [0.2, 0.25) is 0 Å². The molecule has 0 aliphatic heterocycles. The second-order valence-electron chi connectivity index (χ2n) is 2.84. The molecule has 0 aromatic carbocycles. The van der Waals surface area contributed by atoms with Crippen molar-refractivity contribution in [1.29, 1.82) is 0 Å². The van der Waals surface area contributed by atoms with E-state index in [0.717, 1.165) is 11.3 Å². The molecule has 0 N–H and O–H groups in total. The van der Waals surface area contributed by atoms with E-state index in [4.69, 9.17) is 0 Å². The van der Waals surface area contributed by atoms with E-state index in [1.807, 2.05) is 6.92 Å². The minimum absolute atomic E-state index is 0.0278. The standard InChI is InChI=1S/C9H10BrF2N/c1-5-7(3-10)6(2)13-4-8(5)9(11)12/h4,9H,3H2,1-2H3. The van der Waals surface area contributed by atoms with Gasteiger partial charge in [0, 0.05) is 22.8 Å². The Balaban J connectivity index is 3.27. The van der Waals surface area contributed by atoms with Crippen molar-refractivity contribution in [2.75, 3.05) is 0 Å². The molecule has 0 aliphatic rings. The highest BCUT2D eigenvalue weighted by Gasteiger charge is 2.14. The quantitative estimate of drug-likeness (QED) is 0.731. The second-order valence-corrected chi connectivity index (χ2v) is 3.40. The van der Waals surface area contributed by atoms with Crippen LogP contribution in [-0.2, 0) is 5.33 Å². The zero-order valence-electron chi connectivity index (χ0n) is 7.44. The van der Waals surface area contributed by atoms with Crippen LogP contribution in [0, 0.1) is 13.8 Å². The van der Waals surface area contributed by atoms with Gasteiger partial charge in [-0.15, -0.1) is 0 Å². The summed E-state index contributed by atoms with van der Waals surface area (Å²) < 4.78 is 24.8. The molecule has 0 unspecified atom stereocenters. The molecule has 0 spiro atoms. The molecular weight excluding hydrogens is 240 g/mol. The van der Waals surface area contributed by atoms with E-state index < -0.39 is 6.43 Å². The van der Waals surface area contributed by atoms with Crippen molar-refractivity contribution in [3.8, 4) is 0 Å². The molecule has 1 aromatic heterocycles. The Bertz CT molecular complexity index is 313. The molecule has 1 aromatic rings. The number of aromatic nitrogens is 1. The largest absolute Gasteiger partial charge is 0.265 e. The number of nitrogens with zero attached hydrogens (tertiary/aromatic N) is 1. The van der Waals surface area contributed by atoms with E-state index >= 15 is 0 Å². The molecule has 4 heteroatoms. The zero-order valence-corrected chi connectivity index (χ0v) is 9.03. The summed E-state index contributed by atoms with van der Waals surface area (Å²) in [5, 5.41) is 0.568. The molecule has 1 rings (SSSR count). The first-order valence-electron chi connectivity index (χ1n) is 3.87. The summed E-state index contributed by atoms with van der Waals surface area (Å²) in [6.45, 7) is 3.52. The van der Waals surface area contributed by atoms with Gasteiger partial charge in [0.05, 0.1) is 0 Å². The highest BCUT2D eigenvalue weighted by Crippen LogP contribution is 2.26. The maximum absolute atomic E-state index is 12.4. The fourth-order valence-corrected chi connectivity index (χ4v) is 2.03. The van der Waals surface area contributed by atoms with Crippen LogP contribution in [0.5, 0.6) is 0 Å². The predicted octanol–water partition coefficient (Wildman–Crippen LogP) is 3.53. The number of rotatable bonds is 2. The summed E-state index contributed by atoms with van der Waals surface area (Å²) in [5.41, 5.74) is 2.33. The highest BCUT2D eigenvalue weighted by molar-refractivity contribution is 9.08. The van der Waals surface area contributed by atoms with Gasteiger partial charge in [-0.25, -0.2) is 8.78 Å². The molecule has 0 bridgehead atoms. The lowest BCUT2D eigenvalue weighted by molar-refractivity contribution is 0.150. The first-order valence-corrected chi connectivity index (χ1v) is 4.99. The zero-order chi connectivity index (χ0) is 10.0. The van der Waals surface area contributed by atoms with Crippen LogP contribution < -0.4 is 0 Å². The Morgan fingerprint density at radius 2 is 2.08 bits per heavy atom. The molecule has 0 saturated carbocycles. The Labute approximate surface area is 84.3 Å². The van der Waals surface area contributed by atoms with E-state index in [-0.39, 0.29) is 5.56 Å². The fourth-order valence-electron chi connectivity index (χ4n) is 1.20. The van der Waals surface area contributed by atoms with Crippen molar-refractivity contribution in [1.82, 2.24) is 4.98 Å². The van der Waals surface area contributed by atoms with E-state index in [0.29, 0.717) is 10.9 Å². The van der Waals surface area contributed by atoms with Crippen molar-refractivity contribution in [2.45, 2.75) is 25.6 Å². The van der Waals surface area contributed by atoms with Crippen LogP contribution in [0.15, 0.2) is 6.20 Å². The molecule has 0 aliphatic carbocycles. The van der Waals surface area contributed by atoms with E-state index in [9.17, 15) is 8.78 Å². The van der Waals surface area contributed by atoms with Crippen LogP contribution in [0.25, 0.3) is 0 Å². The normalized spacial score (nSPS) is 10.9. The molecule has 0 radical (unpaired) electrons. The molecule has 0 atom stereocenters. The summed E-state index contributed by atoms with van der Waals surface area (Å²) in [5.74, 6) is 0. The van der Waals surface area contributed by atoms with Crippen LogP contribution in [-0.4, -0.2) is 4.98 Å². The van der Waals surface area contributed by atoms with Gasteiger partial charge in [0.15, 0.2) is 0 Å². The van der Waals surface area contributed by atoms with Crippen LogP contribution >= 0.6 is 15.9 Å². The van der Waals surface area contributed by atoms with Crippen molar-refractivity contribution < 1.29 is 8.78 Å². The van der Waals surface area contributed by atoms with Gasteiger partial charge in [0.1, 0.15) is 0 Å². The molecular formula is C9H10BrF2N. The van der Waals surface area contributed by atoms with Crippen molar-refractivity contribution in [3.63, 3.8) is 0 Å². The smallest absolute Gasteiger partial charge is 0.261 e. The van der Waals surface area contributed by atoms with Gasteiger partial charge in [-0.3, -0.25) is 4.98 Å². The topological polar surface area (TPSA) is 12.9 Å². The summed E-state index contributed by atoms with van der Waals surface area (Å²) in [4.78, 5) is 3.92. The summed E-state index contributed by atoms with van der Waals surface area (Å²) in [7, 11) is 0. The van der Waals surface area contributed by atoms with Crippen molar-refractivity contribution in [2.24, 2.45) is 0 Å². The average molecular weight is 250 g/mol. The van der Waals surface area contributed by atoms with Crippen LogP contribution in [0.2, 0.25) is 0 Å². The molecule has 0 saturated heterocycles. The molecule has 0 amide bonds. The van der Waals surface area contributed by atoms with Crippen LogP contribution in [0.1, 0.15) is 28.8 Å². The van der Waals surface area contributed by atoms with Gasteiger partial charge in [-0.05, 0) is 25.0 Å². The fraction of sp³-hybridized carbons (Fsp3) is 0.444. The summed E-state index contributed by atoms with van der Waals surface area (Å²) in [6.07, 6.45) is -1.19. The predicted molar refractivity (Wildman–Crippen MR) is 51.3 cm³/mol. The first-order chi connectivity index (χ1) is 6.07. The lowest BCUT2D eigenvalue weighted by Gasteiger charge is -2.10. The van der Waals surface area contributed by atoms with Crippen molar-refractivity contribution >= 4 is 15.9 Å². The van der Waals surface area contributed by atoms with Gasteiger partial charge in [-0.1, -0.05) is 15.9 Å². The number of halogens is 3. The number of aryl methyl sites for hydroxylation is 1. The Hall–Kier alpha value is -0.510. The number of pyridine rings is 1. The lowest BCUT2D eigenvalue weighted by atomic mass is 10.0. The minimum atomic E-state index is -2.44. The Morgan fingerprint density at radius 3 is 2.54 bits per heavy atom. The van der Waals surface area contributed by atoms with Gasteiger partial charge in [0.25, 0.3) is 6.43 Å². The Kier molecular flexibility index (Phi) is 3.36. The van der Waals surface area contributed by atoms with Crippen molar-refractivity contribution in [3.05, 3.63) is 28.6 Å². The van der Waals surface area contributed by atoms with Crippen LogP contribution in [0.4, 0.5) is 8.78 Å². The Morgan fingerprint density at radius 1 is 1.46 bits per heavy atom. The highest BCUT2D eigenvalue weighted by atomic mass is 79.9. The summed E-state index contributed by atoms with van der Waals surface area (Å²) in [6, 6.07) is 0.